The van der Waals surface area contributed by atoms with Crippen molar-refractivity contribution >= 4 is 28.7 Å². The summed E-state index contributed by atoms with van der Waals surface area (Å²) in [4.78, 5) is 22.4. The largest absolute Gasteiger partial charge is 0.355 e. The van der Waals surface area contributed by atoms with Gasteiger partial charge in [-0.3, -0.25) is 14.9 Å². The minimum Gasteiger partial charge on any atom is -0.355 e. The second-order valence-corrected chi connectivity index (χ2v) is 5.71. The van der Waals surface area contributed by atoms with Crippen molar-refractivity contribution in [1.82, 2.24) is 0 Å². The number of carbonyl (C=O) groups excluding carboxylic acids is 1. The number of hydrogen-bond donors (Lipinski definition) is 2. The monoisotopic (exact) mass is 349 g/mol. The van der Waals surface area contributed by atoms with Gasteiger partial charge >= 0.3 is 0 Å². The fourth-order valence-electron chi connectivity index (χ4n) is 2.33. The van der Waals surface area contributed by atoms with Crippen LogP contribution in [0, 0.1) is 10.1 Å². The van der Waals surface area contributed by atoms with Gasteiger partial charge in [0, 0.05) is 41.2 Å². The maximum Gasteiger partial charge on any atom is 0.269 e. The molecule has 0 spiro atoms. The van der Waals surface area contributed by atoms with Crippen molar-refractivity contribution in [1.29, 1.82) is 0 Å². The smallest absolute Gasteiger partial charge is 0.269 e. The molecule has 1 heterocycles. The lowest BCUT2D eigenvalue weighted by atomic mass is 10.2. The summed E-state index contributed by atoms with van der Waals surface area (Å²) >= 11 is 0. The van der Waals surface area contributed by atoms with E-state index < -0.39 is 4.92 Å². The Labute approximate surface area is 150 Å². The lowest BCUT2D eigenvalue weighted by Crippen LogP contribution is -2.25. The first-order valence-corrected chi connectivity index (χ1v) is 7.89. The Morgan fingerprint density at radius 2 is 1.42 bits per heavy atom. The predicted molar refractivity (Wildman–Crippen MR) is 98.4 cm³/mol. The maximum atomic E-state index is 12.2. The van der Waals surface area contributed by atoms with Gasteiger partial charge in [-0.05, 0) is 36.4 Å². The molecule has 0 saturated heterocycles. The Bertz CT molecular complexity index is 921. The van der Waals surface area contributed by atoms with Crippen LogP contribution in [0.4, 0.5) is 22.7 Å². The highest BCUT2D eigenvalue weighted by molar-refractivity contribution is 6.04. The summed E-state index contributed by atoms with van der Waals surface area (Å²) in [7, 11) is 1.95. The quantitative estimate of drug-likeness (QED) is 0.420. The zero-order valence-electron chi connectivity index (χ0n) is 14.0. The number of benzene rings is 2. The van der Waals surface area contributed by atoms with E-state index in [2.05, 4.69) is 10.6 Å². The Balaban J connectivity index is 1.64. The zero-order chi connectivity index (χ0) is 18.5. The van der Waals surface area contributed by atoms with E-state index in [0.717, 1.165) is 11.4 Å². The van der Waals surface area contributed by atoms with Crippen LogP contribution in [0.15, 0.2) is 73.1 Å². The van der Waals surface area contributed by atoms with E-state index in [0.29, 0.717) is 11.3 Å². The second kappa shape index (κ2) is 7.43. The van der Waals surface area contributed by atoms with Crippen LogP contribution in [-0.2, 0) is 7.05 Å². The Morgan fingerprint density at radius 3 is 2.00 bits per heavy atom. The summed E-state index contributed by atoms with van der Waals surface area (Å²) in [5, 5.41) is 16.7. The van der Waals surface area contributed by atoms with Gasteiger partial charge in [-0.15, -0.1) is 0 Å². The van der Waals surface area contributed by atoms with Crippen molar-refractivity contribution in [3.05, 3.63) is 88.7 Å². The summed E-state index contributed by atoms with van der Waals surface area (Å²) in [5.74, 6) is -0.323. The van der Waals surface area contributed by atoms with E-state index in [1.54, 1.807) is 12.1 Å². The Hall–Kier alpha value is -3.74. The number of non-ortho nitro benzene ring substituents is 1. The van der Waals surface area contributed by atoms with Crippen LogP contribution in [-0.4, -0.2) is 10.8 Å². The van der Waals surface area contributed by atoms with Crippen molar-refractivity contribution in [3.8, 4) is 0 Å². The fraction of sp³-hybridized carbons (Fsp3) is 0.0526. The highest BCUT2D eigenvalue weighted by atomic mass is 16.6. The summed E-state index contributed by atoms with van der Waals surface area (Å²) in [6, 6.07) is 16.7. The summed E-state index contributed by atoms with van der Waals surface area (Å²) in [6.45, 7) is 0. The summed E-state index contributed by atoms with van der Waals surface area (Å²) in [5.41, 5.74) is 2.80. The van der Waals surface area contributed by atoms with Crippen LogP contribution >= 0.6 is 0 Å². The first kappa shape index (κ1) is 17.1. The van der Waals surface area contributed by atoms with Crippen LogP contribution in [0.5, 0.6) is 0 Å². The molecule has 130 valence electrons. The molecule has 2 aromatic carbocycles. The van der Waals surface area contributed by atoms with Crippen LogP contribution in [0.3, 0.4) is 0 Å². The molecule has 3 aromatic rings. The average Bonchev–Trinajstić information content (AvgIpc) is 2.65. The molecule has 7 heteroatoms. The highest BCUT2D eigenvalue weighted by Crippen LogP contribution is 2.19. The van der Waals surface area contributed by atoms with Crippen molar-refractivity contribution in [2.45, 2.75) is 0 Å². The molecule has 0 aliphatic rings. The lowest BCUT2D eigenvalue weighted by molar-refractivity contribution is -0.671. The first-order chi connectivity index (χ1) is 12.5. The molecule has 1 amide bonds. The van der Waals surface area contributed by atoms with Crippen LogP contribution in [0.25, 0.3) is 0 Å². The van der Waals surface area contributed by atoms with Crippen molar-refractivity contribution < 1.29 is 14.3 Å². The minimum absolute atomic E-state index is 0.0496. The SMILES string of the molecule is C[n+]1ccc(Nc2ccc(NC(=O)c3ccc([N+](=O)[O-])cc3)cc2)cc1. The highest BCUT2D eigenvalue weighted by Gasteiger charge is 2.09. The molecule has 7 nitrogen and oxygen atoms in total. The normalized spacial score (nSPS) is 10.2. The van der Waals surface area contributed by atoms with Gasteiger partial charge in [0.25, 0.3) is 11.6 Å². The third-order valence-electron chi connectivity index (χ3n) is 3.75. The third-order valence-corrected chi connectivity index (χ3v) is 3.75. The van der Waals surface area contributed by atoms with Gasteiger partial charge in [-0.25, -0.2) is 4.57 Å². The van der Waals surface area contributed by atoms with Gasteiger partial charge in [0.2, 0.25) is 0 Å². The molecule has 0 fully saturated rings. The number of aryl methyl sites for hydroxylation is 1. The van der Waals surface area contributed by atoms with Gasteiger partial charge in [0.05, 0.1) is 10.6 Å². The molecule has 0 aliphatic carbocycles. The van der Waals surface area contributed by atoms with E-state index in [-0.39, 0.29) is 11.6 Å². The second-order valence-electron chi connectivity index (χ2n) is 5.71. The molecule has 0 aliphatic heterocycles. The lowest BCUT2D eigenvalue weighted by Gasteiger charge is -2.08. The van der Waals surface area contributed by atoms with Gasteiger partial charge in [0.1, 0.15) is 7.05 Å². The number of aromatic nitrogens is 1. The molecular formula is C19H17N4O3+. The number of anilines is 3. The predicted octanol–water partition coefficient (Wildman–Crippen LogP) is 3.42. The molecule has 0 atom stereocenters. The molecule has 3 rings (SSSR count). The van der Waals surface area contributed by atoms with Crippen LogP contribution in [0.2, 0.25) is 0 Å². The van der Waals surface area contributed by atoms with Gasteiger partial charge < -0.3 is 10.6 Å². The number of nitrogens with one attached hydrogen (secondary N) is 2. The number of nitro groups is 1. The topological polar surface area (TPSA) is 88.2 Å². The van der Waals surface area contributed by atoms with E-state index in [4.69, 9.17) is 0 Å². The number of nitro benzene ring substituents is 1. The van der Waals surface area contributed by atoms with Crippen LogP contribution in [0.1, 0.15) is 10.4 Å². The zero-order valence-corrected chi connectivity index (χ0v) is 14.0. The number of nitrogens with zero attached hydrogens (tertiary/aromatic N) is 2. The summed E-state index contributed by atoms with van der Waals surface area (Å²) in [6.07, 6.45) is 3.89. The Morgan fingerprint density at radius 1 is 0.885 bits per heavy atom. The third kappa shape index (κ3) is 4.21. The van der Waals surface area contributed by atoms with Gasteiger partial charge in [-0.1, -0.05) is 0 Å². The number of pyridine rings is 1. The number of rotatable bonds is 5. The van der Waals surface area contributed by atoms with E-state index >= 15 is 0 Å². The molecule has 0 saturated carbocycles. The number of amides is 1. The molecule has 2 N–H and O–H groups in total. The molecule has 26 heavy (non-hydrogen) atoms. The van der Waals surface area contributed by atoms with Gasteiger partial charge in [0.15, 0.2) is 12.4 Å². The summed E-state index contributed by atoms with van der Waals surface area (Å²) < 4.78 is 1.95. The van der Waals surface area contributed by atoms with Crippen molar-refractivity contribution in [3.63, 3.8) is 0 Å². The maximum absolute atomic E-state index is 12.2. The molecular weight excluding hydrogens is 332 g/mol. The van der Waals surface area contributed by atoms with Gasteiger partial charge in [-0.2, -0.15) is 0 Å². The van der Waals surface area contributed by atoms with Crippen LogP contribution < -0.4 is 15.2 Å². The average molecular weight is 349 g/mol. The van der Waals surface area contributed by atoms with E-state index in [9.17, 15) is 14.9 Å². The number of carbonyl (C=O) groups is 1. The Kier molecular flexibility index (Phi) is 4.89. The molecule has 0 radical (unpaired) electrons. The number of hydrogen-bond acceptors (Lipinski definition) is 4. The standard InChI is InChI=1S/C19H16N4O3/c1-22-12-10-17(11-13-22)20-15-4-6-16(7-5-15)21-19(24)14-2-8-18(9-3-14)23(25)26/h2-13H,1H3,(H,21,24)/p+1. The fourth-order valence-corrected chi connectivity index (χ4v) is 2.33. The van der Waals surface area contributed by atoms with E-state index in [1.165, 1.54) is 24.3 Å². The molecule has 0 unspecified atom stereocenters. The molecule has 0 bridgehead atoms. The molecule has 1 aromatic heterocycles. The van der Waals surface area contributed by atoms with E-state index in [1.807, 2.05) is 48.3 Å². The minimum atomic E-state index is -0.500. The van der Waals surface area contributed by atoms with Crippen molar-refractivity contribution in [2.75, 3.05) is 10.6 Å². The first-order valence-electron chi connectivity index (χ1n) is 7.89. The van der Waals surface area contributed by atoms with Crippen molar-refractivity contribution in [2.24, 2.45) is 7.05 Å².